The molecule has 13 heavy (non-hydrogen) atoms. The second-order valence-corrected chi connectivity index (χ2v) is 4.31. The van der Waals surface area contributed by atoms with Crippen molar-refractivity contribution in [2.75, 3.05) is 5.75 Å². The third-order valence-electron chi connectivity index (χ3n) is 2.01. The highest BCUT2D eigenvalue weighted by Crippen LogP contribution is 2.26. The van der Waals surface area contributed by atoms with Crippen LogP contribution in [-0.2, 0) is 12.2 Å². The van der Waals surface area contributed by atoms with Crippen LogP contribution >= 0.6 is 23.4 Å². The highest BCUT2D eigenvalue weighted by molar-refractivity contribution is 7.98. The molecule has 0 aromatic carbocycles. The number of rotatable bonds is 0. The maximum Gasteiger partial charge on any atom is 0.147 e. The van der Waals surface area contributed by atoms with Crippen LogP contribution in [0.25, 0.3) is 0 Å². The summed E-state index contributed by atoms with van der Waals surface area (Å²) in [6.07, 6.45) is 0.964. The van der Waals surface area contributed by atoms with Gasteiger partial charge in [0, 0.05) is 11.4 Å². The number of pyridine rings is 1. The van der Waals surface area contributed by atoms with Crippen LogP contribution in [0, 0.1) is 11.3 Å². The average molecular weight is 211 g/mol. The normalized spacial score (nSPS) is 14.8. The Morgan fingerprint density at radius 1 is 1.62 bits per heavy atom. The van der Waals surface area contributed by atoms with Gasteiger partial charge in [0.1, 0.15) is 11.2 Å². The van der Waals surface area contributed by atoms with Gasteiger partial charge in [-0.1, -0.05) is 11.6 Å². The Hall–Kier alpha value is -0.720. The van der Waals surface area contributed by atoms with Gasteiger partial charge in [-0.3, -0.25) is 0 Å². The monoisotopic (exact) mass is 210 g/mol. The maximum absolute atomic E-state index is 8.74. The van der Waals surface area contributed by atoms with E-state index in [0.717, 1.165) is 29.2 Å². The maximum atomic E-state index is 8.74. The van der Waals surface area contributed by atoms with Crippen LogP contribution in [0.4, 0.5) is 0 Å². The summed E-state index contributed by atoms with van der Waals surface area (Å²) in [4.78, 5) is 4.21. The standard InChI is InChI=1S/C9H7ClN2S/c10-9-6(4-11)3-7-5-13-2-1-8(7)12-9/h3H,1-2,5H2. The molecule has 0 bridgehead atoms. The molecule has 0 fully saturated rings. The van der Waals surface area contributed by atoms with Crippen LogP contribution in [0.2, 0.25) is 5.15 Å². The topological polar surface area (TPSA) is 36.7 Å². The Bertz CT molecular complexity index is 384. The summed E-state index contributed by atoms with van der Waals surface area (Å²) in [7, 11) is 0. The van der Waals surface area contributed by atoms with E-state index in [4.69, 9.17) is 16.9 Å². The first-order chi connectivity index (χ1) is 6.31. The lowest BCUT2D eigenvalue weighted by molar-refractivity contribution is 0.988. The molecule has 0 amide bonds. The number of halogens is 1. The van der Waals surface area contributed by atoms with Gasteiger partial charge in [0.05, 0.1) is 5.56 Å². The zero-order chi connectivity index (χ0) is 9.26. The highest BCUT2D eigenvalue weighted by Gasteiger charge is 2.13. The molecule has 0 saturated carbocycles. The molecule has 0 saturated heterocycles. The van der Waals surface area contributed by atoms with Crippen molar-refractivity contribution < 1.29 is 0 Å². The van der Waals surface area contributed by atoms with E-state index < -0.39 is 0 Å². The minimum atomic E-state index is 0.341. The van der Waals surface area contributed by atoms with Crippen molar-refractivity contribution in [3.8, 4) is 6.07 Å². The Labute approximate surface area is 85.9 Å². The molecule has 0 radical (unpaired) electrons. The molecule has 66 valence electrons. The summed E-state index contributed by atoms with van der Waals surface area (Å²) >= 11 is 7.69. The molecule has 2 nitrogen and oxygen atoms in total. The summed E-state index contributed by atoms with van der Waals surface area (Å²) in [6, 6.07) is 3.90. The Morgan fingerprint density at radius 3 is 3.23 bits per heavy atom. The van der Waals surface area contributed by atoms with Crippen molar-refractivity contribution >= 4 is 23.4 Å². The molecular weight excluding hydrogens is 204 g/mol. The number of fused-ring (bicyclic) bond motifs is 1. The van der Waals surface area contributed by atoms with Crippen molar-refractivity contribution in [3.05, 3.63) is 28.0 Å². The van der Waals surface area contributed by atoms with Crippen LogP contribution in [0.5, 0.6) is 0 Å². The number of hydrogen-bond acceptors (Lipinski definition) is 3. The van der Waals surface area contributed by atoms with E-state index in [2.05, 4.69) is 4.98 Å². The quantitative estimate of drug-likeness (QED) is 0.617. The molecule has 0 aliphatic carbocycles. The number of hydrogen-bond donors (Lipinski definition) is 0. The lowest BCUT2D eigenvalue weighted by Crippen LogP contribution is -2.06. The van der Waals surface area contributed by atoms with Crippen molar-refractivity contribution in [1.29, 1.82) is 5.26 Å². The zero-order valence-electron chi connectivity index (χ0n) is 6.88. The summed E-state index contributed by atoms with van der Waals surface area (Å²) in [5.74, 6) is 2.05. The van der Waals surface area contributed by atoms with E-state index >= 15 is 0 Å². The van der Waals surface area contributed by atoms with E-state index in [0.29, 0.717) is 10.7 Å². The molecular formula is C9H7ClN2S. The lowest BCUT2D eigenvalue weighted by Gasteiger charge is -2.14. The van der Waals surface area contributed by atoms with Gasteiger partial charge in [-0.15, -0.1) is 0 Å². The van der Waals surface area contributed by atoms with Crippen LogP contribution in [-0.4, -0.2) is 10.7 Å². The smallest absolute Gasteiger partial charge is 0.147 e. The molecule has 1 aliphatic heterocycles. The van der Waals surface area contributed by atoms with Gasteiger partial charge >= 0.3 is 0 Å². The molecule has 0 spiro atoms. The van der Waals surface area contributed by atoms with E-state index in [1.54, 1.807) is 0 Å². The van der Waals surface area contributed by atoms with Gasteiger partial charge in [-0.2, -0.15) is 17.0 Å². The lowest BCUT2D eigenvalue weighted by atomic mass is 10.1. The Balaban J connectivity index is 2.52. The van der Waals surface area contributed by atoms with Gasteiger partial charge < -0.3 is 0 Å². The fraction of sp³-hybridized carbons (Fsp3) is 0.333. The minimum absolute atomic E-state index is 0.341. The first-order valence-corrected chi connectivity index (χ1v) is 5.50. The highest BCUT2D eigenvalue weighted by atomic mass is 35.5. The number of nitriles is 1. The van der Waals surface area contributed by atoms with Crippen LogP contribution < -0.4 is 0 Å². The molecule has 0 atom stereocenters. The van der Waals surface area contributed by atoms with Gasteiger partial charge in [0.2, 0.25) is 0 Å². The van der Waals surface area contributed by atoms with Gasteiger partial charge in [-0.05, 0) is 23.8 Å². The molecule has 4 heteroatoms. The number of aryl methyl sites for hydroxylation is 1. The summed E-state index contributed by atoms with van der Waals surface area (Å²) < 4.78 is 0. The third kappa shape index (κ3) is 1.65. The molecule has 2 heterocycles. The molecule has 1 aromatic rings. The van der Waals surface area contributed by atoms with E-state index in [1.807, 2.05) is 23.9 Å². The van der Waals surface area contributed by atoms with Crippen LogP contribution in [0.3, 0.4) is 0 Å². The second kappa shape index (κ2) is 3.57. The van der Waals surface area contributed by atoms with Crippen molar-refractivity contribution in [2.24, 2.45) is 0 Å². The fourth-order valence-electron chi connectivity index (χ4n) is 1.34. The molecule has 0 unspecified atom stereocenters. The van der Waals surface area contributed by atoms with Gasteiger partial charge in [0.15, 0.2) is 0 Å². The Morgan fingerprint density at radius 2 is 2.46 bits per heavy atom. The number of nitrogens with zero attached hydrogens (tertiary/aromatic N) is 2. The summed E-state index contributed by atoms with van der Waals surface area (Å²) in [5.41, 5.74) is 2.71. The van der Waals surface area contributed by atoms with Gasteiger partial charge in [-0.25, -0.2) is 4.98 Å². The SMILES string of the molecule is N#Cc1cc2c(nc1Cl)CCSC2. The number of thioether (sulfide) groups is 1. The molecule has 1 aromatic heterocycles. The summed E-state index contributed by atoms with van der Waals surface area (Å²) in [6.45, 7) is 0. The van der Waals surface area contributed by atoms with Crippen LogP contribution in [0.15, 0.2) is 6.07 Å². The Kier molecular flexibility index (Phi) is 2.43. The summed E-state index contributed by atoms with van der Waals surface area (Å²) in [5, 5.41) is 9.08. The molecule has 1 aliphatic rings. The van der Waals surface area contributed by atoms with Crippen molar-refractivity contribution in [3.63, 3.8) is 0 Å². The third-order valence-corrected chi connectivity index (χ3v) is 3.30. The van der Waals surface area contributed by atoms with E-state index in [1.165, 1.54) is 0 Å². The molecule has 0 N–H and O–H groups in total. The first-order valence-electron chi connectivity index (χ1n) is 3.97. The molecule has 2 rings (SSSR count). The van der Waals surface area contributed by atoms with Gasteiger partial charge in [0.25, 0.3) is 0 Å². The first kappa shape index (κ1) is 8.86. The number of aromatic nitrogens is 1. The van der Waals surface area contributed by atoms with Crippen molar-refractivity contribution in [1.82, 2.24) is 4.98 Å². The second-order valence-electron chi connectivity index (χ2n) is 2.85. The zero-order valence-corrected chi connectivity index (χ0v) is 8.45. The average Bonchev–Trinajstić information content (AvgIpc) is 2.17. The van der Waals surface area contributed by atoms with E-state index in [9.17, 15) is 0 Å². The van der Waals surface area contributed by atoms with Crippen LogP contribution in [0.1, 0.15) is 16.8 Å². The van der Waals surface area contributed by atoms with E-state index in [-0.39, 0.29) is 0 Å². The predicted octanol–water partition coefficient (Wildman–Crippen LogP) is 2.40. The van der Waals surface area contributed by atoms with Crippen molar-refractivity contribution in [2.45, 2.75) is 12.2 Å². The fourth-order valence-corrected chi connectivity index (χ4v) is 2.49. The predicted molar refractivity (Wildman–Crippen MR) is 53.8 cm³/mol. The minimum Gasteiger partial charge on any atom is -0.239 e. The largest absolute Gasteiger partial charge is 0.239 e.